The van der Waals surface area contributed by atoms with Gasteiger partial charge >= 0.3 is 6.61 Å². The van der Waals surface area contributed by atoms with Gasteiger partial charge in [-0.3, -0.25) is 0 Å². The van der Waals surface area contributed by atoms with Crippen molar-refractivity contribution >= 4 is 0 Å². The van der Waals surface area contributed by atoms with E-state index in [0.29, 0.717) is 30.9 Å². The molecule has 1 saturated carbocycles. The molecular weight excluding hydrogens is 304 g/mol. The van der Waals surface area contributed by atoms with Crippen LogP contribution in [0, 0.1) is 5.92 Å². The molecule has 0 heterocycles. The van der Waals surface area contributed by atoms with E-state index in [1.165, 1.54) is 6.07 Å². The summed E-state index contributed by atoms with van der Waals surface area (Å²) in [7, 11) is 0. The zero-order valence-electron chi connectivity index (χ0n) is 13.4. The summed E-state index contributed by atoms with van der Waals surface area (Å²) in [6.07, 6.45) is 4.19. The smallest absolute Gasteiger partial charge is 0.387 e. The van der Waals surface area contributed by atoms with Crippen LogP contribution in [0.2, 0.25) is 0 Å². The van der Waals surface area contributed by atoms with Gasteiger partial charge in [0.1, 0.15) is 0 Å². The normalized spacial score (nSPS) is 21.4. The summed E-state index contributed by atoms with van der Waals surface area (Å²) < 4.78 is 34.6. The standard InChI is InChI=1S/C17H25F2NO3/c1-2-22-16-9-13(5-8-15(16)23-17(18)19)10-20-14-6-3-12(11-21)4-7-14/h5,8-9,12,14,17,20-21H,2-4,6-7,10-11H2,1H3. The molecular formula is C17H25F2NO3. The molecule has 0 unspecified atom stereocenters. The van der Waals surface area contributed by atoms with Crippen LogP contribution in [0.1, 0.15) is 38.2 Å². The summed E-state index contributed by atoms with van der Waals surface area (Å²) in [6.45, 7) is 0.262. The van der Waals surface area contributed by atoms with Crippen molar-refractivity contribution in [3.8, 4) is 11.5 Å². The minimum atomic E-state index is -2.86. The molecule has 23 heavy (non-hydrogen) atoms. The lowest BCUT2D eigenvalue weighted by Crippen LogP contribution is -2.33. The second kappa shape index (κ2) is 9.03. The van der Waals surface area contributed by atoms with Crippen LogP contribution in [0.3, 0.4) is 0 Å². The fourth-order valence-electron chi connectivity index (χ4n) is 2.94. The molecule has 4 nitrogen and oxygen atoms in total. The van der Waals surface area contributed by atoms with Crippen LogP contribution in [0.25, 0.3) is 0 Å². The Morgan fingerprint density at radius 1 is 1.22 bits per heavy atom. The van der Waals surface area contributed by atoms with Gasteiger partial charge in [0.25, 0.3) is 0 Å². The van der Waals surface area contributed by atoms with Crippen LogP contribution in [-0.4, -0.2) is 31.0 Å². The molecule has 0 atom stereocenters. The molecule has 0 aliphatic heterocycles. The lowest BCUT2D eigenvalue weighted by Gasteiger charge is -2.28. The van der Waals surface area contributed by atoms with Gasteiger partial charge < -0.3 is 19.9 Å². The van der Waals surface area contributed by atoms with Gasteiger partial charge in [-0.15, -0.1) is 0 Å². The SMILES string of the molecule is CCOc1cc(CNC2CCC(CO)CC2)ccc1OC(F)F. The summed E-state index contributed by atoms with van der Waals surface area (Å²) in [5.41, 5.74) is 0.972. The van der Waals surface area contributed by atoms with Gasteiger partial charge in [-0.2, -0.15) is 8.78 Å². The van der Waals surface area contributed by atoms with Crippen molar-refractivity contribution in [3.63, 3.8) is 0 Å². The van der Waals surface area contributed by atoms with Crippen molar-refractivity contribution < 1.29 is 23.4 Å². The minimum absolute atomic E-state index is 0.0639. The number of ether oxygens (including phenoxy) is 2. The number of hydrogen-bond donors (Lipinski definition) is 2. The molecule has 0 saturated heterocycles. The van der Waals surface area contributed by atoms with Crippen molar-refractivity contribution in [2.75, 3.05) is 13.2 Å². The quantitative estimate of drug-likeness (QED) is 0.768. The van der Waals surface area contributed by atoms with Gasteiger partial charge in [-0.05, 0) is 56.2 Å². The number of aliphatic hydroxyl groups is 1. The average Bonchev–Trinajstić information content (AvgIpc) is 2.55. The Balaban J connectivity index is 1.91. The second-order valence-electron chi connectivity index (χ2n) is 5.87. The summed E-state index contributed by atoms with van der Waals surface area (Å²) >= 11 is 0. The summed E-state index contributed by atoms with van der Waals surface area (Å²) in [5.74, 6) is 0.841. The van der Waals surface area contributed by atoms with E-state index in [0.717, 1.165) is 31.2 Å². The molecule has 0 spiro atoms. The summed E-state index contributed by atoms with van der Waals surface area (Å²) in [5, 5.41) is 12.6. The maximum absolute atomic E-state index is 12.4. The number of halogens is 2. The van der Waals surface area contributed by atoms with E-state index in [1.54, 1.807) is 19.1 Å². The highest BCUT2D eigenvalue weighted by Gasteiger charge is 2.20. The van der Waals surface area contributed by atoms with E-state index in [9.17, 15) is 8.78 Å². The number of hydrogen-bond acceptors (Lipinski definition) is 4. The van der Waals surface area contributed by atoms with Crippen LogP contribution in [-0.2, 0) is 6.54 Å². The molecule has 0 radical (unpaired) electrons. The molecule has 0 amide bonds. The zero-order chi connectivity index (χ0) is 16.7. The van der Waals surface area contributed by atoms with Crippen molar-refractivity contribution in [3.05, 3.63) is 23.8 Å². The van der Waals surface area contributed by atoms with Crippen LogP contribution in [0.15, 0.2) is 18.2 Å². The Morgan fingerprint density at radius 2 is 1.96 bits per heavy atom. The fraction of sp³-hybridized carbons (Fsp3) is 0.647. The topological polar surface area (TPSA) is 50.7 Å². The predicted octanol–water partition coefficient (Wildman–Crippen LogP) is 3.33. The first-order valence-corrected chi connectivity index (χ1v) is 8.17. The monoisotopic (exact) mass is 329 g/mol. The third-order valence-electron chi connectivity index (χ3n) is 4.22. The van der Waals surface area contributed by atoms with E-state index in [4.69, 9.17) is 9.84 Å². The van der Waals surface area contributed by atoms with Gasteiger partial charge in [0.15, 0.2) is 11.5 Å². The lowest BCUT2D eigenvalue weighted by molar-refractivity contribution is -0.0514. The van der Waals surface area contributed by atoms with Crippen LogP contribution < -0.4 is 14.8 Å². The second-order valence-corrected chi connectivity index (χ2v) is 5.87. The van der Waals surface area contributed by atoms with Gasteiger partial charge in [-0.1, -0.05) is 6.07 Å². The zero-order valence-corrected chi connectivity index (χ0v) is 13.4. The number of alkyl halides is 2. The van der Waals surface area contributed by atoms with Crippen LogP contribution >= 0.6 is 0 Å². The maximum atomic E-state index is 12.4. The van der Waals surface area contributed by atoms with Crippen molar-refractivity contribution in [1.29, 1.82) is 0 Å². The molecule has 1 aliphatic carbocycles. The Morgan fingerprint density at radius 3 is 2.57 bits per heavy atom. The molecule has 130 valence electrons. The van der Waals surface area contributed by atoms with E-state index < -0.39 is 6.61 Å². The minimum Gasteiger partial charge on any atom is -0.490 e. The lowest BCUT2D eigenvalue weighted by atomic mass is 9.86. The van der Waals surface area contributed by atoms with E-state index in [-0.39, 0.29) is 12.4 Å². The highest BCUT2D eigenvalue weighted by Crippen LogP contribution is 2.30. The molecule has 1 aromatic rings. The number of nitrogens with one attached hydrogen (secondary N) is 1. The molecule has 2 N–H and O–H groups in total. The van der Waals surface area contributed by atoms with Crippen molar-refractivity contribution in [1.82, 2.24) is 5.32 Å². The number of aliphatic hydroxyl groups excluding tert-OH is 1. The Hall–Kier alpha value is -1.40. The van der Waals surface area contributed by atoms with Gasteiger partial charge in [0.05, 0.1) is 6.61 Å². The van der Waals surface area contributed by atoms with E-state index in [2.05, 4.69) is 10.1 Å². The van der Waals surface area contributed by atoms with Gasteiger partial charge in [-0.25, -0.2) is 0 Å². The van der Waals surface area contributed by atoms with Gasteiger partial charge in [0.2, 0.25) is 0 Å². The van der Waals surface area contributed by atoms with E-state index in [1.807, 2.05) is 0 Å². The molecule has 0 aromatic heterocycles. The molecule has 2 rings (SSSR count). The highest BCUT2D eigenvalue weighted by molar-refractivity contribution is 5.43. The number of rotatable bonds is 8. The van der Waals surface area contributed by atoms with Gasteiger partial charge in [0, 0.05) is 19.2 Å². The van der Waals surface area contributed by atoms with Crippen molar-refractivity contribution in [2.45, 2.75) is 51.8 Å². The molecule has 1 fully saturated rings. The summed E-state index contributed by atoms with van der Waals surface area (Å²) in [6, 6.07) is 5.47. The Labute approximate surface area is 135 Å². The predicted molar refractivity (Wildman–Crippen MR) is 83.9 cm³/mol. The third-order valence-corrected chi connectivity index (χ3v) is 4.22. The summed E-state index contributed by atoms with van der Waals surface area (Å²) in [4.78, 5) is 0. The molecule has 6 heteroatoms. The first-order chi connectivity index (χ1) is 11.1. The first-order valence-electron chi connectivity index (χ1n) is 8.17. The Kier molecular flexibility index (Phi) is 7.05. The largest absolute Gasteiger partial charge is 0.490 e. The average molecular weight is 329 g/mol. The molecule has 1 aliphatic rings. The maximum Gasteiger partial charge on any atom is 0.387 e. The van der Waals surface area contributed by atoms with Crippen LogP contribution in [0.5, 0.6) is 11.5 Å². The Bertz CT molecular complexity index is 477. The van der Waals surface area contributed by atoms with Crippen molar-refractivity contribution in [2.24, 2.45) is 5.92 Å². The molecule has 0 bridgehead atoms. The molecule has 1 aromatic carbocycles. The van der Waals surface area contributed by atoms with E-state index >= 15 is 0 Å². The number of benzene rings is 1. The fourth-order valence-corrected chi connectivity index (χ4v) is 2.94. The first kappa shape index (κ1) is 17.9. The highest BCUT2D eigenvalue weighted by atomic mass is 19.3. The third kappa shape index (κ3) is 5.62. The van der Waals surface area contributed by atoms with Crippen LogP contribution in [0.4, 0.5) is 8.78 Å².